The van der Waals surface area contributed by atoms with E-state index in [1.165, 1.54) is 0 Å². The second-order valence-electron chi connectivity index (χ2n) is 3.70. The molecule has 18 heavy (non-hydrogen) atoms. The minimum absolute atomic E-state index is 0.100. The van der Waals surface area contributed by atoms with Crippen molar-refractivity contribution in [1.29, 1.82) is 0 Å². The van der Waals surface area contributed by atoms with Crippen LogP contribution in [0.25, 0.3) is 10.9 Å². The van der Waals surface area contributed by atoms with Crippen molar-refractivity contribution >= 4 is 28.4 Å². The molecule has 2 rings (SSSR count). The lowest BCUT2D eigenvalue weighted by molar-refractivity contribution is -0.123. The average molecular weight is 247 g/mol. The number of benzene rings is 1. The minimum Gasteiger partial charge on any atom is -0.346 e. The summed E-state index contributed by atoms with van der Waals surface area (Å²) in [7, 11) is 0. The third kappa shape index (κ3) is 2.83. The van der Waals surface area contributed by atoms with Crippen molar-refractivity contribution in [1.82, 2.24) is 15.5 Å². The Morgan fingerprint density at radius 3 is 2.94 bits per heavy atom. The van der Waals surface area contributed by atoms with E-state index in [2.05, 4.69) is 20.8 Å². The van der Waals surface area contributed by atoms with Crippen LogP contribution in [0.3, 0.4) is 0 Å². The maximum absolute atomic E-state index is 11.5. The van der Waals surface area contributed by atoms with Crippen LogP contribution in [0.15, 0.2) is 24.4 Å². The Labute approximate surface area is 103 Å². The van der Waals surface area contributed by atoms with Crippen molar-refractivity contribution < 1.29 is 9.59 Å². The summed E-state index contributed by atoms with van der Waals surface area (Å²) >= 11 is 0. The van der Waals surface area contributed by atoms with Gasteiger partial charge in [-0.05, 0) is 18.2 Å². The molecular formula is C11H13N5O2. The molecule has 0 saturated carbocycles. The van der Waals surface area contributed by atoms with Gasteiger partial charge in [0.05, 0.1) is 24.8 Å². The lowest BCUT2D eigenvalue weighted by Crippen LogP contribution is -2.36. The van der Waals surface area contributed by atoms with E-state index in [4.69, 9.17) is 5.73 Å². The zero-order valence-electron chi connectivity index (χ0n) is 9.56. The lowest BCUT2D eigenvalue weighted by atomic mass is 10.2. The number of hydrogen-bond donors (Lipinski definition) is 4. The zero-order chi connectivity index (χ0) is 13.0. The van der Waals surface area contributed by atoms with E-state index in [9.17, 15) is 9.59 Å². The number of aromatic nitrogens is 2. The number of carbonyl (C=O) groups is 2. The van der Waals surface area contributed by atoms with Gasteiger partial charge in [-0.2, -0.15) is 5.10 Å². The molecule has 7 heteroatoms. The molecule has 2 aromatic rings. The molecule has 7 nitrogen and oxygen atoms in total. The summed E-state index contributed by atoms with van der Waals surface area (Å²) < 4.78 is 0. The SMILES string of the molecule is NCC(=O)NCC(=O)Nc1ccc2cn[nH]c2c1. The van der Waals surface area contributed by atoms with Gasteiger partial charge in [0.25, 0.3) is 0 Å². The summed E-state index contributed by atoms with van der Waals surface area (Å²) in [5, 5.41) is 12.7. The normalized spacial score (nSPS) is 10.3. The van der Waals surface area contributed by atoms with E-state index in [-0.39, 0.29) is 24.9 Å². The number of rotatable bonds is 4. The third-order valence-corrected chi connectivity index (χ3v) is 2.36. The van der Waals surface area contributed by atoms with Crippen LogP contribution < -0.4 is 16.4 Å². The lowest BCUT2D eigenvalue weighted by Gasteiger charge is -2.06. The van der Waals surface area contributed by atoms with E-state index in [1.54, 1.807) is 18.3 Å². The Balaban J connectivity index is 1.96. The molecule has 5 N–H and O–H groups in total. The minimum atomic E-state index is -0.367. The van der Waals surface area contributed by atoms with Gasteiger partial charge in [0.2, 0.25) is 11.8 Å². The van der Waals surface area contributed by atoms with E-state index < -0.39 is 0 Å². The maximum atomic E-state index is 11.5. The first-order chi connectivity index (χ1) is 8.69. The number of fused-ring (bicyclic) bond motifs is 1. The number of nitrogens with one attached hydrogen (secondary N) is 3. The van der Waals surface area contributed by atoms with Crippen LogP contribution >= 0.6 is 0 Å². The Morgan fingerprint density at radius 1 is 1.33 bits per heavy atom. The van der Waals surface area contributed by atoms with Crippen molar-refractivity contribution in [2.45, 2.75) is 0 Å². The molecule has 0 fully saturated rings. The second-order valence-corrected chi connectivity index (χ2v) is 3.70. The van der Waals surface area contributed by atoms with Gasteiger partial charge in [0, 0.05) is 11.1 Å². The van der Waals surface area contributed by atoms with Crippen molar-refractivity contribution in [3.05, 3.63) is 24.4 Å². The summed E-state index contributed by atoms with van der Waals surface area (Å²) in [6.07, 6.45) is 1.70. The van der Waals surface area contributed by atoms with Gasteiger partial charge < -0.3 is 16.4 Å². The second kappa shape index (κ2) is 5.28. The summed E-state index contributed by atoms with van der Waals surface area (Å²) in [5.41, 5.74) is 6.58. The van der Waals surface area contributed by atoms with Crippen LogP contribution in [0.2, 0.25) is 0 Å². The Hall–Kier alpha value is -2.41. The Bertz CT molecular complexity index is 578. The summed E-state index contributed by atoms with van der Waals surface area (Å²) in [4.78, 5) is 22.4. The Kier molecular flexibility index (Phi) is 3.54. The molecule has 0 atom stereocenters. The molecule has 0 aliphatic rings. The van der Waals surface area contributed by atoms with Gasteiger partial charge in [0.15, 0.2) is 0 Å². The number of aromatic amines is 1. The molecule has 2 amide bonds. The van der Waals surface area contributed by atoms with E-state index >= 15 is 0 Å². The first-order valence-corrected chi connectivity index (χ1v) is 5.39. The fraction of sp³-hybridized carbons (Fsp3) is 0.182. The summed E-state index contributed by atoms with van der Waals surface area (Å²) in [6, 6.07) is 5.37. The number of carbonyl (C=O) groups excluding carboxylic acids is 2. The average Bonchev–Trinajstić information content (AvgIpc) is 2.83. The summed E-state index contributed by atoms with van der Waals surface area (Å²) in [6.45, 7) is -0.232. The predicted octanol–water partition coefficient (Wildman–Crippen LogP) is -0.424. The highest BCUT2D eigenvalue weighted by Gasteiger charge is 2.05. The smallest absolute Gasteiger partial charge is 0.243 e. The molecule has 0 bridgehead atoms. The molecule has 0 radical (unpaired) electrons. The first kappa shape index (κ1) is 12.1. The topological polar surface area (TPSA) is 113 Å². The number of hydrogen-bond acceptors (Lipinski definition) is 4. The van der Waals surface area contributed by atoms with Crippen molar-refractivity contribution in [2.24, 2.45) is 5.73 Å². The highest BCUT2D eigenvalue weighted by molar-refractivity contribution is 5.96. The molecule has 0 spiro atoms. The standard InChI is InChI=1S/C11H13N5O2/c12-4-10(17)13-6-11(18)15-8-2-1-7-5-14-16-9(7)3-8/h1-3,5H,4,6,12H2,(H,13,17)(H,14,16)(H,15,18). The monoisotopic (exact) mass is 247 g/mol. The van der Waals surface area contributed by atoms with Crippen LogP contribution in [-0.2, 0) is 9.59 Å². The number of H-pyrrole nitrogens is 1. The fourth-order valence-corrected chi connectivity index (χ4v) is 1.47. The van der Waals surface area contributed by atoms with Crippen LogP contribution in [0.4, 0.5) is 5.69 Å². The first-order valence-electron chi connectivity index (χ1n) is 5.39. The largest absolute Gasteiger partial charge is 0.346 e. The predicted molar refractivity (Wildman–Crippen MR) is 66.8 cm³/mol. The molecule has 94 valence electrons. The van der Waals surface area contributed by atoms with E-state index in [1.807, 2.05) is 6.07 Å². The third-order valence-electron chi connectivity index (χ3n) is 2.36. The molecule has 1 aromatic carbocycles. The van der Waals surface area contributed by atoms with Crippen LogP contribution in [0, 0.1) is 0 Å². The van der Waals surface area contributed by atoms with Gasteiger partial charge in [-0.25, -0.2) is 0 Å². The van der Waals surface area contributed by atoms with Gasteiger partial charge in [-0.3, -0.25) is 14.7 Å². The van der Waals surface area contributed by atoms with E-state index in [0.29, 0.717) is 5.69 Å². The Morgan fingerprint density at radius 2 is 2.17 bits per heavy atom. The number of nitrogens with two attached hydrogens (primary N) is 1. The molecule has 1 heterocycles. The van der Waals surface area contributed by atoms with Gasteiger partial charge >= 0.3 is 0 Å². The molecule has 0 saturated heterocycles. The maximum Gasteiger partial charge on any atom is 0.243 e. The molecule has 0 aliphatic carbocycles. The van der Waals surface area contributed by atoms with Crippen molar-refractivity contribution in [2.75, 3.05) is 18.4 Å². The zero-order valence-corrected chi connectivity index (χ0v) is 9.56. The fourth-order valence-electron chi connectivity index (χ4n) is 1.47. The molecular weight excluding hydrogens is 234 g/mol. The number of nitrogens with zero attached hydrogens (tertiary/aromatic N) is 1. The molecule has 0 unspecified atom stereocenters. The molecule has 1 aromatic heterocycles. The van der Waals surface area contributed by atoms with Crippen molar-refractivity contribution in [3.8, 4) is 0 Å². The number of amides is 2. The van der Waals surface area contributed by atoms with Gasteiger partial charge in [0.1, 0.15) is 0 Å². The number of anilines is 1. The van der Waals surface area contributed by atoms with Crippen molar-refractivity contribution in [3.63, 3.8) is 0 Å². The van der Waals surface area contributed by atoms with Crippen LogP contribution in [0.1, 0.15) is 0 Å². The molecule has 0 aliphatic heterocycles. The highest BCUT2D eigenvalue weighted by Crippen LogP contribution is 2.16. The van der Waals surface area contributed by atoms with E-state index in [0.717, 1.165) is 10.9 Å². The van der Waals surface area contributed by atoms with Gasteiger partial charge in [-0.15, -0.1) is 0 Å². The van der Waals surface area contributed by atoms with Crippen LogP contribution in [-0.4, -0.2) is 35.1 Å². The highest BCUT2D eigenvalue weighted by atomic mass is 16.2. The quantitative estimate of drug-likeness (QED) is 0.587. The van der Waals surface area contributed by atoms with Gasteiger partial charge in [-0.1, -0.05) is 0 Å². The van der Waals surface area contributed by atoms with Crippen LogP contribution in [0.5, 0.6) is 0 Å². The summed E-state index contributed by atoms with van der Waals surface area (Å²) in [5.74, 6) is -0.676.